The number of nitrogens with zero attached hydrogens (tertiary/aromatic N) is 3. The number of rotatable bonds is 9. The second-order valence-electron chi connectivity index (χ2n) is 10.2. The van der Waals surface area contributed by atoms with Gasteiger partial charge >= 0.3 is 5.97 Å². The van der Waals surface area contributed by atoms with Crippen molar-refractivity contribution in [2.45, 2.75) is 64.7 Å². The molecule has 1 fully saturated rings. The first-order valence-electron chi connectivity index (χ1n) is 11.3. The van der Waals surface area contributed by atoms with Crippen molar-refractivity contribution in [2.75, 3.05) is 0 Å². The maximum Gasteiger partial charge on any atom is 0.360 e. The molecule has 1 aliphatic rings. The number of benzene rings is 1. The lowest BCUT2D eigenvalue weighted by atomic mass is 9.91. The molecule has 13 heteroatoms. The van der Waals surface area contributed by atoms with Crippen LogP contribution in [-0.4, -0.2) is 52.4 Å². The molecule has 1 amide bonds. The Bertz CT molecular complexity index is 1190. The van der Waals surface area contributed by atoms with Gasteiger partial charge in [0, 0.05) is 12.1 Å². The van der Waals surface area contributed by atoms with Gasteiger partial charge in [0.25, 0.3) is 5.69 Å². The minimum atomic E-state index is -2.23. The Hall–Kier alpha value is -3.58. The molecular formula is C23H30N4O8Si. The molecule has 1 aromatic heterocycles. The summed E-state index contributed by atoms with van der Waals surface area (Å²) in [4.78, 5) is 47.1. The summed E-state index contributed by atoms with van der Waals surface area (Å²) in [6.07, 6.45) is -1.08. The van der Waals surface area contributed by atoms with Crippen LogP contribution in [0.5, 0.6) is 5.75 Å². The van der Waals surface area contributed by atoms with Crippen molar-refractivity contribution in [3.63, 3.8) is 0 Å². The summed E-state index contributed by atoms with van der Waals surface area (Å²) < 4.78 is 12.7. The molecule has 1 aromatic carbocycles. The van der Waals surface area contributed by atoms with E-state index in [1.54, 1.807) is 6.92 Å². The summed E-state index contributed by atoms with van der Waals surface area (Å²) in [5, 5.41) is 27.9. The standard InChI is InChI=1S/C23H30N4O8Si/c1-13(35-36(5,6)23(2,3)4)17-20(24-21(17)30)26-18(19(29)16(11-28)25-26)22(31)34-12-14-7-9-15(10-8-14)27(32)33/h7-11,13,17,20,29H,12H2,1-6H3,(H,24,30)/t13-,17-,20-/m1/s1. The Kier molecular flexibility index (Phi) is 7.37. The normalized spacial score (nSPS) is 18.7. The summed E-state index contributed by atoms with van der Waals surface area (Å²) in [5.74, 6) is -2.68. The maximum atomic E-state index is 12.9. The average Bonchev–Trinajstić information content (AvgIpc) is 3.10. The first-order valence-corrected chi connectivity index (χ1v) is 14.2. The third-order valence-electron chi connectivity index (χ3n) is 6.72. The van der Waals surface area contributed by atoms with E-state index < -0.39 is 48.8 Å². The molecule has 3 rings (SSSR count). The van der Waals surface area contributed by atoms with Gasteiger partial charge in [0.15, 0.2) is 31.7 Å². The molecule has 194 valence electrons. The molecule has 0 bridgehead atoms. The number of hydrogen-bond acceptors (Lipinski definition) is 9. The minimum Gasteiger partial charge on any atom is -0.504 e. The van der Waals surface area contributed by atoms with E-state index in [0.29, 0.717) is 11.8 Å². The van der Waals surface area contributed by atoms with Crippen molar-refractivity contribution in [3.8, 4) is 5.75 Å². The number of non-ortho nitro benzene ring substituents is 1. The minimum absolute atomic E-state index is 0.0987. The molecule has 2 heterocycles. The Morgan fingerprint density at radius 2 is 1.94 bits per heavy atom. The summed E-state index contributed by atoms with van der Waals surface area (Å²) in [7, 11) is -2.23. The van der Waals surface area contributed by atoms with Gasteiger partial charge in [-0.05, 0) is 42.8 Å². The zero-order chi connectivity index (χ0) is 27.0. The summed E-state index contributed by atoms with van der Waals surface area (Å²) >= 11 is 0. The van der Waals surface area contributed by atoms with Crippen LogP contribution in [0.25, 0.3) is 0 Å². The van der Waals surface area contributed by atoms with Crippen LogP contribution >= 0.6 is 0 Å². The zero-order valence-corrected chi connectivity index (χ0v) is 22.0. The number of hydrogen-bond donors (Lipinski definition) is 2. The van der Waals surface area contributed by atoms with Crippen LogP contribution < -0.4 is 5.32 Å². The van der Waals surface area contributed by atoms with Gasteiger partial charge in [-0.2, -0.15) is 5.10 Å². The van der Waals surface area contributed by atoms with Crippen molar-refractivity contribution >= 4 is 32.2 Å². The fraction of sp³-hybridized carbons (Fsp3) is 0.478. The van der Waals surface area contributed by atoms with Gasteiger partial charge in [0.05, 0.1) is 11.0 Å². The quantitative estimate of drug-likeness (QED) is 0.127. The summed E-state index contributed by atoms with van der Waals surface area (Å²) in [6, 6.07) is 5.41. The van der Waals surface area contributed by atoms with Crippen LogP contribution in [-0.2, 0) is 20.6 Å². The van der Waals surface area contributed by atoms with E-state index in [-0.39, 0.29) is 28.9 Å². The van der Waals surface area contributed by atoms with Crippen molar-refractivity contribution < 1.29 is 33.6 Å². The van der Waals surface area contributed by atoms with Crippen molar-refractivity contribution in [3.05, 3.63) is 51.3 Å². The Morgan fingerprint density at radius 3 is 2.44 bits per heavy atom. The number of aldehydes is 1. The van der Waals surface area contributed by atoms with Crippen molar-refractivity contribution in [2.24, 2.45) is 5.92 Å². The van der Waals surface area contributed by atoms with Gasteiger partial charge in [-0.15, -0.1) is 0 Å². The number of aromatic nitrogens is 2. The fourth-order valence-electron chi connectivity index (χ4n) is 3.62. The van der Waals surface area contributed by atoms with E-state index in [4.69, 9.17) is 9.16 Å². The van der Waals surface area contributed by atoms with Gasteiger partial charge in [-0.1, -0.05) is 20.8 Å². The maximum absolute atomic E-state index is 12.9. The van der Waals surface area contributed by atoms with E-state index >= 15 is 0 Å². The first kappa shape index (κ1) is 27.0. The van der Waals surface area contributed by atoms with E-state index in [9.17, 15) is 29.6 Å². The Balaban J connectivity index is 1.84. The van der Waals surface area contributed by atoms with Gasteiger partial charge < -0.3 is 19.6 Å². The average molecular weight is 519 g/mol. The number of aromatic hydroxyl groups is 1. The number of amides is 1. The molecule has 0 unspecified atom stereocenters. The van der Waals surface area contributed by atoms with Crippen LogP contribution in [0.15, 0.2) is 24.3 Å². The topological polar surface area (TPSA) is 163 Å². The largest absolute Gasteiger partial charge is 0.504 e. The van der Waals surface area contributed by atoms with E-state index in [2.05, 4.69) is 44.3 Å². The van der Waals surface area contributed by atoms with Gasteiger partial charge in [-0.25, -0.2) is 9.48 Å². The number of nitro groups is 1. The molecule has 36 heavy (non-hydrogen) atoms. The van der Waals surface area contributed by atoms with Crippen LogP contribution in [0, 0.1) is 16.0 Å². The van der Waals surface area contributed by atoms with Crippen LogP contribution in [0.1, 0.15) is 60.4 Å². The summed E-state index contributed by atoms with van der Waals surface area (Å²) in [5.41, 5.74) is -0.415. The van der Waals surface area contributed by atoms with Crippen LogP contribution in [0.2, 0.25) is 18.1 Å². The first-order chi connectivity index (χ1) is 16.7. The zero-order valence-electron chi connectivity index (χ0n) is 21.0. The number of ether oxygens (including phenoxy) is 1. The molecule has 2 aromatic rings. The van der Waals surface area contributed by atoms with Crippen LogP contribution in [0.3, 0.4) is 0 Å². The highest BCUT2D eigenvalue weighted by molar-refractivity contribution is 6.74. The molecule has 0 aliphatic carbocycles. The monoisotopic (exact) mass is 518 g/mol. The van der Waals surface area contributed by atoms with Crippen LogP contribution in [0.4, 0.5) is 5.69 Å². The number of nitro benzene ring substituents is 1. The smallest absolute Gasteiger partial charge is 0.360 e. The van der Waals surface area contributed by atoms with Gasteiger partial charge in [0.1, 0.15) is 18.7 Å². The lowest BCUT2D eigenvalue weighted by molar-refractivity contribution is -0.384. The molecule has 0 saturated carbocycles. The second kappa shape index (κ2) is 9.82. The Morgan fingerprint density at radius 1 is 1.33 bits per heavy atom. The Labute approximate surface area is 208 Å². The molecule has 3 atom stereocenters. The van der Waals surface area contributed by atoms with E-state index in [1.807, 2.05) is 0 Å². The predicted molar refractivity (Wildman–Crippen MR) is 130 cm³/mol. The predicted octanol–water partition coefficient (Wildman–Crippen LogP) is 3.32. The molecule has 0 spiro atoms. The highest BCUT2D eigenvalue weighted by Gasteiger charge is 2.50. The van der Waals surface area contributed by atoms with Gasteiger partial charge in [-0.3, -0.25) is 19.7 Å². The van der Waals surface area contributed by atoms with Gasteiger partial charge in [0.2, 0.25) is 5.91 Å². The van der Waals surface area contributed by atoms with Crippen molar-refractivity contribution in [1.29, 1.82) is 0 Å². The van der Waals surface area contributed by atoms with E-state index in [0.717, 1.165) is 4.68 Å². The second-order valence-corrected chi connectivity index (χ2v) is 15.0. The molecule has 12 nitrogen and oxygen atoms in total. The third-order valence-corrected chi connectivity index (χ3v) is 11.3. The highest BCUT2D eigenvalue weighted by atomic mass is 28.4. The highest BCUT2D eigenvalue weighted by Crippen LogP contribution is 2.41. The molecule has 0 radical (unpaired) electrons. The summed E-state index contributed by atoms with van der Waals surface area (Å²) in [6.45, 7) is 11.9. The lowest BCUT2D eigenvalue weighted by Crippen LogP contribution is -2.61. The fourth-order valence-corrected chi connectivity index (χ4v) is 5.05. The molecule has 1 aliphatic heterocycles. The number of esters is 1. The number of carbonyl (C=O) groups excluding carboxylic acids is 3. The number of carbonyl (C=O) groups is 3. The number of nitrogens with one attached hydrogen (secondary N) is 1. The number of β-lactam (4-membered cyclic amide) rings is 1. The van der Waals surface area contributed by atoms with Crippen molar-refractivity contribution in [1.82, 2.24) is 15.1 Å². The third kappa shape index (κ3) is 5.16. The SMILES string of the molecule is C[C@@H](O[Si](C)(C)C(C)(C)C)[C@H]1C(=O)N[C@@H]1n1nc(C=O)c(O)c1C(=O)OCc1ccc([N+](=O)[O-])cc1. The lowest BCUT2D eigenvalue weighted by Gasteiger charge is -2.45. The van der Waals surface area contributed by atoms with E-state index in [1.165, 1.54) is 24.3 Å². The molecule has 2 N–H and O–H groups in total. The molecule has 1 saturated heterocycles. The molecular weight excluding hydrogens is 488 g/mol.